The number of nitrogens with one attached hydrogen (secondary N) is 2. The third-order valence-electron chi connectivity index (χ3n) is 4.85. The number of carbonyl (C=O) groups is 2. The summed E-state index contributed by atoms with van der Waals surface area (Å²) in [6, 6.07) is 6.22. The Morgan fingerprint density at radius 1 is 1.13 bits per heavy atom. The van der Waals surface area contributed by atoms with E-state index in [1.807, 2.05) is 6.07 Å². The molecule has 0 aromatic carbocycles. The Morgan fingerprint density at radius 2 is 1.84 bits per heavy atom. The maximum absolute atomic E-state index is 13.6. The highest BCUT2D eigenvalue weighted by Gasteiger charge is 2.38. The van der Waals surface area contributed by atoms with Gasteiger partial charge in [-0.15, -0.1) is 0 Å². The minimum atomic E-state index is -4.67. The van der Waals surface area contributed by atoms with E-state index in [0.29, 0.717) is 38.5 Å². The lowest BCUT2D eigenvalue weighted by Gasteiger charge is -2.37. The van der Waals surface area contributed by atoms with Gasteiger partial charge in [0.25, 0.3) is 5.91 Å². The monoisotopic (exact) mass is 436 g/mol. The molecule has 2 N–H and O–H groups in total. The van der Waals surface area contributed by atoms with Gasteiger partial charge in [-0.25, -0.2) is 9.97 Å². The van der Waals surface area contributed by atoms with E-state index < -0.39 is 17.8 Å². The number of aromatic nitrogens is 2. The molecule has 31 heavy (non-hydrogen) atoms. The molecule has 0 spiro atoms. The molecule has 2 aromatic heterocycles. The van der Waals surface area contributed by atoms with Crippen molar-refractivity contribution in [3.8, 4) is 0 Å². The molecule has 0 unspecified atom stereocenters. The Balaban J connectivity index is 1.69. The van der Waals surface area contributed by atoms with Gasteiger partial charge in [-0.1, -0.05) is 0 Å². The number of carbonyl (C=O) groups excluding carboxylic acids is 2. The topological polar surface area (TPSA) is 90.5 Å². The van der Waals surface area contributed by atoms with E-state index >= 15 is 0 Å². The summed E-state index contributed by atoms with van der Waals surface area (Å²) in [6.45, 7) is 3.85. The van der Waals surface area contributed by atoms with Crippen molar-refractivity contribution in [2.45, 2.75) is 19.6 Å². The fraction of sp³-hybridized carbons (Fsp3) is 0.400. The van der Waals surface area contributed by atoms with E-state index in [2.05, 4.69) is 25.5 Å². The zero-order valence-corrected chi connectivity index (χ0v) is 17.2. The average molecular weight is 436 g/mol. The van der Waals surface area contributed by atoms with E-state index in [9.17, 15) is 22.8 Å². The predicted molar refractivity (Wildman–Crippen MR) is 109 cm³/mol. The van der Waals surface area contributed by atoms with Crippen LogP contribution in [0.15, 0.2) is 30.5 Å². The molecule has 1 saturated heterocycles. The van der Waals surface area contributed by atoms with Gasteiger partial charge in [0.2, 0.25) is 5.91 Å². The van der Waals surface area contributed by atoms with Gasteiger partial charge in [0.15, 0.2) is 5.69 Å². The quantitative estimate of drug-likeness (QED) is 0.747. The second-order valence-electron chi connectivity index (χ2n) is 7.13. The lowest BCUT2D eigenvalue weighted by Crippen LogP contribution is -2.46. The van der Waals surface area contributed by atoms with Crippen molar-refractivity contribution in [3.05, 3.63) is 47.4 Å². The summed E-state index contributed by atoms with van der Waals surface area (Å²) in [7, 11) is 1.34. The zero-order valence-electron chi connectivity index (χ0n) is 17.2. The van der Waals surface area contributed by atoms with Crippen LogP contribution in [0.4, 0.5) is 24.7 Å². The van der Waals surface area contributed by atoms with Crippen LogP contribution in [0, 0.1) is 0 Å². The number of piperazine rings is 1. The Kier molecular flexibility index (Phi) is 6.74. The summed E-state index contributed by atoms with van der Waals surface area (Å²) >= 11 is 0. The second kappa shape index (κ2) is 9.29. The van der Waals surface area contributed by atoms with E-state index in [-0.39, 0.29) is 17.3 Å². The van der Waals surface area contributed by atoms with Crippen LogP contribution < -0.4 is 15.5 Å². The molecule has 2 amide bonds. The molecule has 166 valence electrons. The summed E-state index contributed by atoms with van der Waals surface area (Å²) in [5, 5.41) is 4.91. The van der Waals surface area contributed by atoms with Gasteiger partial charge in [0.1, 0.15) is 11.5 Å². The van der Waals surface area contributed by atoms with Crippen molar-refractivity contribution < 1.29 is 22.8 Å². The van der Waals surface area contributed by atoms with Gasteiger partial charge in [-0.3, -0.25) is 14.5 Å². The first-order chi connectivity index (χ1) is 14.7. The van der Waals surface area contributed by atoms with E-state index in [0.717, 1.165) is 5.56 Å². The minimum Gasteiger partial charge on any atom is -0.367 e. The third kappa shape index (κ3) is 5.69. The molecule has 0 bridgehead atoms. The van der Waals surface area contributed by atoms with Gasteiger partial charge in [0, 0.05) is 52.9 Å². The highest BCUT2D eigenvalue weighted by molar-refractivity contribution is 5.92. The number of alkyl halides is 3. The standard InChI is InChI=1S/C20H23F3N6O2/c1-13(30)26-17-11-14(5-6-25-17)12-28-7-9-29(10-8-28)16-4-3-15(19(31)24-2)27-18(16)20(21,22)23/h3-6,11H,7-10,12H2,1-2H3,(H,24,31)(H,25,26,30). The summed E-state index contributed by atoms with van der Waals surface area (Å²) in [5.41, 5.74) is -0.419. The van der Waals surface area contributed by atoms with Crippen molar-refractivity contribution in [2.75, 3.05) is 43.4 Å². The summed E-state index contributed by atoms with van der Waals surface area (Å²) < 4.78 is 40.7. The molecule has 0 radical (unpaired) electrons. The highest BCUT2D eigenvalue weighted by atomic mass is 19.4. The smallest absolute Gasteiger partial charge is 0.367 e. The SMILES string of the molecule is CNC(=O)c1ccc(N2CCN(Cc3ccnc(NC(C)=O)c3)CC2)c(C(F)(F)F)n1. The van der Waals surface area contributed by atoms with E-state index in [1.54, 1.807) is 17.2 Å². The van der Waals surface area contributed by atoms with Crippen molar-refractivity contribution in [1.82, 2.24) is 20.2 Å². The van der Waals surface area contributed by atoms with Crippen LogP contribution >= 0.6 is 0 Å². The minimum absolute atomic E-state index is 0.0309. The van der Waals surface area contributed by atoms with Crippen LogP contribution in [0.1, 0.15) is 28.7 Å². The number of amides is 2. The fourth-order valence-electron chi connectivity index (χ4n) is 3.40. The average Bonchev–Trinajstić information content (AvgIpc) is 2.72. The number of rotatable bonds is 5. The van der Waals surface area contributed by atoms with Crippen molar-refractivity contribution in [1.29, 1.82) is 0 Å². The van der Waals surface area contributed by atoms with Crippen LogP contribution in [0.3, 0.4) is 0 Å². The first-order valence-corrected chi connectivity index (χ1v) is 9.67. The zero-order chi connectivity index (χ0) is 22.6. The highest BCUT2D eigenvalue weighted by Crippen LogP contribution is 2.35. The lowest BCUT2D eigenvalue weighted by molar-refractivity contribution is -0.140. The molecule has 0 aliphatic carbocycles. The van der Waals surface area contributed by atoms with Crippen molar-refractivity contribution in [2.24, 2.45) is 0 Å². The number of nitrogens with zero attached hydrogens (tertiary/aromatic N) is 4. The molecule has 2 aromatic rings. The van der Waals surface area contributed by atoms with Crippen LogP contribution in [-0.2, 0) is 17.5 Å². The fourth-order valence-corrected chi connectivity index (χ4v) is 3.40. The maximum atomic E-state index is 13.6. The summed E-state index contributed by atoms with van der Waals surface area (Å²) in [4.78, 5) is 34.3. The van der Waals surface area contributed by atoms with Gasteiger partial charge in [-0.2, -0.15) is 13.2 Å². The molecular weight excluding hydrogens is 413 g/mol. The lowest BCUT2D eigenvalue weighted by atomic mass is 10.1. The van der Waals surface area contributed by atoms with Gasteiger partial charge in [-0.05, 0) is 29.8 Å². The first-order valence-electron chi connectivity index (χ1n) is 9.67. The van der Waals surface area contributed by atoms with Gasteiger partial charge < -0.3 is 15.5 Å². The van der Waals surface area contributed by atoms with E-state index in [4.69, 9.17) is 0 Å². The molecular formula is C20H23F3N6O2. The Bertz CT molecular complexity index is 958. The Hall–Kier alpha value is -3.21. The molecule has 0 atom stereocenters. The number of hydrogen-bond donors (Lipinski definition) is 2. The summed E-state index contributed by atoms with van der Waals surface area (Å²) in [5.74, 6) is -0.423. The first kappa shape index (κ1) is 22.5. The van der Waals surface area contributed by atoms with Crippen LogP contribution in [0.2, 0.25) is 0 Å². The normalized spacial score (nSPS) is 14.9. The van der Waals surface area contributed by atoms with Crippen LogP contribution in [0.25, 0.3) is 0 Å². The van der Waals surface area contributed by atoms with Gasteiger partial charge >= 0.3 is 6.18 Å². The second-order valence-corrected chi connectivity index (χ2v) is 7.13. The number of anilines is 2. The predicted octanol–water partition coefficient (Wildman–Crippen LogP) is 2.14. The van der Waals surface area contributed by atoms with Crippen LogP contribution in [0.5, 0.6) is 0 Å². The molecule has 1 fully saturated rings. The van der Waals surface area contributed by atoms with Crippen molar-refractivity contribution in [3.63, 3.8) is 0 Å². The summed E-state index contributed by atoms with van der Waals surface area (Å²) in [6.07, 6.45) is -3.07. The molecule has 1 aliphatic heterocycles. The molecule has 3 rings (SSSR count). The molecule has 3 heterocycles. The maximum Gasteiger partial charge on any atom is 0.435 e. The molecule has 0 saturated carbocycles. The largest absolute Gasteiger partial charge is 0.435 e. The van der Waals surface area contributed by atoms with E-state index in [1.165, 1.54) is 26.1 Å². The Morgan fingerprint density at radius 3 is 2.45 bits per heavy atom. The third-order valence-corrected chi connectivity index (χ3v) is 4.85. The van der Waals surface area contributed by atoms with Gasteiger partial charge in [0.05, 0.1) is 5.69 Å². The molecule has 11 heteroatoms. The molecule has 8 nitrogen and oxygen atoms in total. The number of halogens is 3. The Labute approximate surface area is 177 Å². The molecule has 1 aliphatic rings. The number of hydrogen-bond acceptors (Lipinski definition) is 6. The van der Waals surface area contributed by atoms with Crippen molar-refractivity contribution >= 4 is 23.3 Å². The number of pyridine rings is 2. The van der Waals surface area contributed by atoms with Crippen LogP contribution in [-0.4, -0.2) is 59.9 Å².